The van der Waals surface area contributed by atoms with E-state index in [4.69, 9.17) is 5.11 Å². The summed E-state index contributed by atoms with van der Waals surface area (Å²) in [5, 5.41) is 22.7. The summed E-state index contributed by atoms with van der Waals surface area (Å²) < 4.78 is 26.4. The number of sulfonamides is 1. The first kappa shape index (κ1) is 29.9. The van der Waals surface area contributed by atoms with Crippen LogP contribution in [0.4, 0.5) is 0 Å². The zero-order chi connectivity index (χ0) is 27.5. The van der Waals surface area contributed by atoms with Crippen molar-refractivity contribution in [2.45, 2.75) is 42.9 Å². The Kier molecular flexibility index (Phi) is 11.4. The first-order valence-electron chi connectivity index (χ1n) is 12.7. The summed E-state index contributed by atoms with van der Waals surface area (Å²) in [6.07, 6.45) is 0.346. The molecular formula is C29H36N2O5S2. The zero-order valence-corrected chi connectivity index (χ0v) is 23.4. The van der Waals surface area contributed by atoms with Crippen molar-refractivity contribution in [2.75, 3.05) is 25.4 Å². The molecule has 0 aromatic heterocycles. The van der Waals surface area contributed by atoms with Gasteiger partial charge in [-0.3, -0.25) is 4.79 Å². The van der Waals surface area contributed by atoms with Gasteiger partial charge in [0, 0.05) is 23.3 Å². The highest BCUT2D eigenvalue weighted by atomic mass is 32.2. The van der Waals surface area contributed by atoms with Gasteiger partial charge in [-0.25, -0.2) is 13.1 Å². The molecule has 0 aliphatic carbocycles. The average Bonchev–Trinajstić information content (AvgIpc) is 2.90. The number of amides is 1. The molecule has 0 aliphatic heterocycles. The first-order chi connectivity index (χ1) is 18.2. The van der Waals surface area contributed by atoms with Gasteiger partial charge in [0.15, 0.2) is 0 Å². The third-order valence-electron chi connectivity index (χ3n) is 5.81. The third kappa shape index (κ3) is 9.25. The molecule has 3 aromatic carbocycles. The molecule has 1 atom stereocenters. The van der Waals surface area contributed by atoms with Crippen molar-refractivity contribution in [1.29, 1.82) is 0 Å². The van der Waals surface area contributed by atoms with E-state index >= 15 is 0 Å². The van der Waals surface area contributed by atoms with Crippen LogP contribution in [0.1, 0.15) is 47.9 Å². The molecule has 0 unspecified atom stereocenters. The highest BCUT2D eigenvalue weighted by molar-refractivity contribution is 8.00. The van der Waals surface area contributed by atoms with Crippen molar-refractivity contribution in [1.82, 2.24) is 10.0 Å². The van der Waals surface area contributed by atoms with Crippen molar-refractivity contribution < 1.29 is 23.4 Å². The topological polar surface area (TPSA) is 116 Å². The van der Waals surface area contributed by atoms with E-state index in [9.17, 15) is 18.3 Å². The molecule has 1 amide bonds. The second kappa shape index (κ2) is 14.5. The number of aliphatic hydroxyl groups excluding tert-OH is 2. The summed E-state index contributed by atoms with van der Waals surface area (Å²) in [5.74, 6) is -0.979. The lowest BCUT2D eigenvalue weighted by molar-refractivity contribution is 0.0978. The third-order valence-corrected chi connectivity index (χ3v) is 8.19. The van der Waals surface area contributed by atoms with Crippen LogP contribution in [0.2, 0.25) is 0 Å². The Hall–Kier alpha value is -2.69. The number of rotatable bonds is 14. The number of carbonyl (C=O) groups is 1. The summed E-state index contributed by atoms with van der Waals surface area (Å²) in [7, 11) is -3.82. The largest absolute Gasteiger partial charge is 0.396 e. The molecule has 0 fully saturated rings. The Morgan fingerprint density at radius 3 is 2.32 bits per heavy atom. The summed E-state index contributed by atoms with van der Waals surface area (Å²) in [5.41, 5.74) is 4.29. The molecule has 0 bridgehead atoms. The standard InChI is InChI=1S/C29H36N2O5S2/c1-21(2)37-28-19-25(13-14-26(28)29(34)31-38(35,36)18-6-17-32)23-11-9-22(10-12-23)15-16-30-20-27(33)24-7-4-3-5-8-24/h3-5,7-14,19,21,27,30,32-33H,6,15-18,20H2,1-2H3,(H,31,34)/t27-/m1/s1. The predicted molar refractivity (Wildman–Crippen MR) is 154 cm³/mol. The molecule has 204 valence electrons. The predicted octanol–water partition coefficient (Wildman–Crippen LogP) is 4.16. The fourth-order valence-electron chi connectivity index (χ4n) is 3.87. The second-order valence-corrected chi connectivity index (χ2v) is 12.7. The van der Waals surface area contributed by atoms with Gasteiger partial charge >= 0.3 is 0 Å². The van der Waals surface area contributed by atoms with Crippen molar-refractivity contribution in [3.05, 3.63) is 89.5 Å². The SMILES string of the molecule is CC(C)Sc1cc(-c2ccc(CCNC[C@@H](O)c3ccccc3)cc2)ccc1C(=O)NS(=O)(=O)CCCO. The maximum Gasteiger partial charge on any atom is 0.265 e. The normalized spacial score (nSPS) is 12.4. The summed E-state index contributed by atoms with van der Waals surface area (Å²) in [6.45, 7) is 4.99. The van der Waals surface area contributed by atoms with Crippen molar-refractivity contribution in [2.24, 2.45) is 0 Å². The number of aliphatic hydroxyl groups is 2. The molecule has 0 saturated heterocycles. The van der Waals surface area contributed by atoms with Gasteiger partial charge < -0.3 is 15.5 Å². The minimum atomic E-state index is -3.82. The molecular weight excluding hydrogens is 520 g/mol. The Bertz CT molecular complexity index is 1280. The van der Waals surface area contributed by atoms with Gasteiger partial charge in [0.2, 0.25) is 10.0 Å². The molecule has 9 heteroatoms. The van der Waals surface area contributed by atoms with E-state index in [0.717, 1.165) is 35.2 Å². The number of benzene rings is 3. The molecule has 0 heterocycles. The molecule has 0 aliphatic rings. The van der Waals surface area contributed by atoms with Crippen LogP contribution in [0, 0.1) is 0 Å². The highest BCUT2D eigenvalue weighted by Crippen LogP contribution is 2.32. The summed E-state index contributed by atoms with van der Waals surface area (Å²) >= 11 is 1.50. The number of carbonyl (C=O) groups excluding carboxylic acids is 1. The lowest BCUT2D eigenvalue weighted by Gasteiger charge is -2.14. The molecule has 4 N–H and O–H groups in total. The molecule has 0 saturated carbocycles. The van der Waals surface area contributed by atoms with Gasteiger partial charge in [0.05, 0.1) is 17.4 Å². The van der Waals surface area contributed by atoms with Crippen LogP contribution < -0.4 is 10.0 Å². The van der Waals surface area contributed by atoms with Gasteiger partial charge in [-0.05, 0) is 53.8 Å². The van der Waals surface area contributed by atoms with Crippen molar-refractivity contribution in [3.63, 3.8) is 0 Å². The number of hydrogen-bond donors (Lipinski definition) is 4. The van der Waals surface area contributed by atoms with Gasteiger partial charge in [0.25, 0.3) is 5.91 Å². The number of nitrogens with one attached hydrogen (secondary N) is 2. The number of hydrogen-bond acceptors (Lipinski definition) is 7. The van der Waals surface area contributed by atoms with E-state index in [0.29, 0.717) is 17.0 Å². The van der Waals surface area contributed by atoms with Crippen molar-refractivity contribution >= 4 is 27.7 Å². The lowest BCUT2D eigenvalue weighted by Crippen LogP contribution is -2.33. The van der Waals surface area contributed by atoms with E-state index in [2.05, 4.69) is 22.2 Å². The monoisotopic (exact) mass is 556 g/mol. The smallest absolute Gasteiger partial charge is 0.265 e. The van der Waals surface area contributed by atoms with E-state index in [-0.39, 0.29) is 24.0 Å². The Morgan fingerprint density at radius 1 is 0.974 bits per heavy atom. The van der Waals surface area contributed by atoms with Gasteiger partial charge in [0.1, 0.15) is 0 Å². The Morgan fingerprint density at radius 2 is 1.66 bits per heavy atom. The van der Waals surface area contributed by atoms with Crippen molar-refractivity contribution in [3.8, 4) is 11.1 Å². The Labute approximate surface area is 229 Å². The average molecular weight is 557 g/mol. The minimum Gasteiger partial charge on any atom is -0.396 e. The van der Waals surface area contributed by atoms with E-state index in [1.165, 1.54) is 11.8 Å². The molecule has 0 radical (unpaired) electrons. The fraction of sp³-hybridized carbons (Fsp3) is 0.345. The quantitative estimate of drug-likeness (QED) is 0.174. The maximum absolute atomic E-state index is 12.8. The van der Waals surface area contributed by atoms with Crippen LogP contribution in [0.3, 0.4) is 0 Å². The lowest BCUT2D eigenvalue weighted by atomic mass is 10.0. The number of thioether (sulfide) groups is 1. The fourth-order valence-corrected chi connectivity index (χ4v) is 5.87. The Balaban J connectivity index is 1.64. The highest BCUT2D eigenvalue weighted by Gasteiger charge is 2.20. The van der Waals surface area contributed by atoms with Crippen LogP contribution in [0.25, 0.3) is 11.1 Å². The van der Waals surface area contributed by atoms with E-state index in [1.807, 2.05) is 68.4 Å². The van der Waals surface area contributed by atoms with E-state index < -0.39 is 22.0 Å². The minimum absolute atomic E-state index is 0.0663. The van der Waals surface area contributed by atoms with Crippen LogP contribution >= 0.6 is 11.8 Å². The molecule has 0 spiro atoms. The van der Waals surface area contributed by atoms with Crippen LogP contribution in [-0.4, -0.2) is 55.2 Å². The van der Waals surface area contributed by atoms with Crippen LogP contribution in [0.5, 0.6) is 0 Å². The molecule has 3 rings (SSSR count). The van der Waals surface area contributed by atoms with Gasteiger partial charge in [-0.1, -0.05) is 74.5 Å². The van der Waals surface area contributed by atoms with Gasteiger partial charge in [-0.15, -0.1) is 11.8 Å². The van der Waals surface area contributed by atoms with Crippen LogP contribution in [-0.2, 0) is 16.4 Å². The summed E-state index contributed by atoms with van der Waals surface area (Å²) in [6, 6.07) is 23.2. The first-order valence-corrected chi connectivity index (χ1v) is 15.2. The van der Waals surface area contributed by atoms with Gasteiger partial charge in [-0.2, -0.15) is 0 Å². The molecule has 7 nitrogen and oxygen atoms in total. The van der Waals surface area contributed by atoms with Crippen LogP contribution in [0.15, 0.2) is 77.7 Å². The maximum atomic E-state index is 12.8. The zero-order valence-electron chi connectivity index (χ0n) is 21.8. The molecule has 38 heavy (non-hydrogen) atoms. The van der Waals surface area contributed by atoms with E-state index in [1.54, 1.807) is 6.07 Å². The molecule has 3 aromatic rings. The summed E-state index contributed by atoms with van der Waals surface area (Å²) in [4.78, 5) is 13.5. The second-order valence-electron chi connectivity index (χ2n) is 9.28.